The van der Waals surface area contributed by atoms with Gasteiger partial charge in [-0.1, -0.05) is 40.2 Å². The Labute approximate surface area is 164 Å². The molecule has 0 N–H and O–H groups in total. The van der Waals surface area contributed by atoms with Crippen LogP contribution < -0.4 is 9.47 Å². The Hall–Kier alpha value is -2.99. The highest BCUT2D eigenvalue weighted by molar-refractivity contribution is 9.10. The van der Waals surface area contributed by atoms with E-state index in [9.17, 15) is 9.59 Å². The minimum Gasteiger partial charge on any atom is -0.427 e. The van der Waals surface area contributed by atoms with Gasteiger partial charge in [-0.15, -0.1) is 0 Å². The zero-order valence-corrected chi connectivity index (χ0v) is 16.3. The van der Waals surface area contributed by atoms with Crippen LogP contribution in [0.15, 0.2) is 53.0 Å². The number of fused-ring (bicyclic) bond motifs is 1. The standard InChI is InChI=1S/C21H16BrNO4/c1-13(24)26-18-10-11-19(22)16(12-18)7-9-17-8-6-15-4-3-5-20(21(15)23-17)27-14(2)25/h3-12H,1-2H3. The average molecular weight is 426 g/mol. The van der Waals surface area contributed by atoms with Gasteiger partial charge in [0.15, 0.2) is 5.75 Å². The van der Waals surface area contributed by atoms with E-state index in [4.69, 9.17) is 9.47 Å². The Balaban J connectivity index is 1.94. The van der Waals surface area contributed by atoms with Crippen LogP contribution in [-0.2, 0) is 9.59 Å². The molecule has 0 atom stereocenters. The highest BCUT2D eigenvalue weighted by atomic mass is 79.9. The van der Waals surface area contributed by atoms with Crippen molar-refractivity contribution in [2.45, 2.75) is 13.8 Å². The molecule has 0 spiro atoms. The summed E-state index contributed by atoms with van der Waals surface area (Å²) in [4.78, 5) is 27.0. The van der Waals surface area contributed by atoms with Crippen LogP contribution in [0, 0.1) is 0 Å². The fourth-order valence-corrected chi connectivity index (χ4v) is 2.90. The van der Waals surface area contributed by atoms with E-state index in [2.05, 4.69) is 20.9 Å². The molecule has 0 radical (unpaired) electrons. The summed E-state index contributed by atoms with van der Waals surface area (Å²) in [5.74, 6) is 0.125. The van der Waals surface area contributed by atoms with E-state index in [0.29, 0.717) is 22.7 Å². The maximum absolute atomic E-state index is 11.3. The molecule has 136 valence electrons. The lowest BCUT2D eigenvalue weighted by atomic mass is 10.1. The summed E-state index contributed by atoms with van der Waals surface area (Å²) >= 11 is 3.48. The SMILES string of the molecule is CC(=O)Oc1ccc(Br)c(C=Cc2ccc3cccc(OC(C)=O)c3n2)c1. The van der Waals surface area contributed by atoms with Crippen molar-refractivity contribution in [3.63, 3.8) is 0 Å². The lowest BCUT2D eigenvalue weighted by molar-refractivity contribution is -0.132. The summed E-state index contributed by atoms with van der Waals surface area (Å²) < 4.78 is 11.2. The number of benzene rings is 2. The fraction of sp³-hybridized carbons (Fsp3) is 0.0952. The third-order valence-electron chi connectivity index (χ3n) is 3.62. The van der Waals surface area contributed by atoms with Crippen molar-refractivity contribution in [1.82, 2.24) is 4.98 Å². The van der Waals surface area contributed by atoms with Crippen molar-refractivity contribution in [3.05, 3.63) is 64.3 Å². The molecule has 3 rings (SSSR count). The largest absolute Gasteiger partial charge is 0.427 e. The molecule has 0 amide bonds. The third kappa shape index (κ3) is 4.80. The Bertz CT molecular complexity index is 1060. The number of pyridine rings is 1. The first kappa shape index (κ1) is 18.8. The molecule has 2 aromatic carbocycles. The van der Waals surface area contributed by atoms with Gasteiger partial charge in [0, 0.05) is 23.7 Å². The summed E-state index contributed by atoms with van der Waals surface area (Å²) in [5, 5.41) is 0.879. The number of carbonyl (C=O) groups is 2. The molecule has 3 aromatic rings. The van der Waals surface area contributed by atoms with Crippen molar-refractivity contribution >= 4 is 50.9 Å². The van der Waals surface area contributed by atoms with Gasteiger partial charge >= 0.3 is 11.9 Å². The van der Waals surface area contributed by atoms with Gasteiger partial charge in [0.05, 0.1) is 5.69 Å². The molecule has 0 unspecified atom stereocenters. The lowest BCUT2D eigenvalue weighted by Gasteiger charge is -2.06. The van der Waals surface area contributed by atoms with Crippen molar-refractivity contribution in [1.29, 1.82) is 0 Å². The Morgan fingerprint density at radius 2 is 1.74 bits per heavy atom. The van der Waals surface area contributed by atoms with Crippen molar-refractivity contribution in [3.8, 4) is 11.5 Å². The number of rotatable bonds is 4. The molecule has 0 saturated carbocycles. The van der Waals surface area contributed by atoms with Crippen LogP contribution in [-0.4, -0.2) is 16.9 Å². The zero-order valence-electron chi connectivity index (χ0n) is 14.7. The van der Waals surface area contributed by atoms with Gasteiger partial charge < -0.3 is 9.47 Å². The van der Waals surface area contributed by atoms with E-state index < -0.39 is 5.97 Å². The van der Waals surface area contributed by atoms with Gasteiger partial charge in [-0.2, -0.15) is 0 Å². The van der Waals surface area contributed by atoms with Gasteiger partial charge in [0.25, 0.3) is 0 Å². The monoisotopic (exact) mass is 425 g/mol. The predicted molar refractivity (Wildman–Crippen MR) is 107 cm³/mol. The van der Waals surface area contributed by atoms with Crippen LogP contribution in [0.5, 0.6) is 11.5 Å². The third-order valence-corrected chi connectivity index (χ3v) is 4.34. The molecule has 0 aliphatic carbocycles. The van der Waals surface area contributed by atoms with Crippen LogP contribution >= 0.6 is 15.9 Å². The maximum Gasteiger partial charge on any atom is 0.308 e. The lowest BCUT2D eigenvalue weighted by Crippen LogP contribution is -2.02. The van der Waals surface area contributed by atoms with Gasteiger partial charge in [-0.3, -0.25) is 9.59 Å². The van der Waals surface area contributed by atoms with E-state index in [1.54, 1.807) is 18.2 Å². The Kier molecular flexibility index (Phi) is 5.66. The Morgan fingerprint density at radius 3 is 2.48 bits per heavy atom. The summed E-state index contributed by atoms with van der Waals surface area (Å²) in [6, 6.07) is 14.5. The van der Waals surface area contributed by atoms with Gasteiger partial charge in [-0.05, 0) is 42.0 Å². The number of nitrogens with zero attached hydrogens (tertiary/aromatic N) is 1. The minimum atomic E-state index is -0.392. The smallest absolute Gasteiger partial charge is 0.308 e. The molecule has 0 fully saturated rings. The van der Waals surface area contributed by atoms with Gasteiger partial charge in [0.2, 0.25) is 0 Å². The highest BCUT2D eigenvalue weighted by Gasteiger charge is 2.07. The summed E-state index contributed by atoms with van der Waals surface area (Å²) in [7, 11) is 0. The molecular formula is C21H16BrNO4. The minimum absolute atomic E-state index is 0.374. The number of hydrogen-bond donors (Lipinski definition) is 0. The normalized spacial score (nSPS) is 10.9. The maximum atomic E-state index is 11.3. The second kappa shape index (κ2) is 8.14. The number of hydrogen-bond acceptors (Lipinski definition) is 5. The molecule has 0 bridgehead atoms. The summed E-state index contributed by atoms with van der Waals surface area (Å²) in [6.07, 6.45) is 3.70. The average Bonchev–Trinajstić information content (AvgIpc) is 2.61. The number of para-hydroxylation sites is 1. The van der Waals surface area contributed by atoms with E-state index in [1.165, 1.54) is 13.8 Å². The highest BCUT2D eigenvalue weighted by Crippen LogP contribution is 2.27. The van der Waals surface area contributed by atoms with Crippen LogP contribution in [0.4, 0.5) is 0 Å². The van der Waals surface area contributed by atoms with E-state index >= 15 is 0 Å². The van der Waals surface area contributed by atoms with Crippen molar-refractivity contribution in [2.75, 3.05) is 0 Å². The second-order valence-electron chi connectivity index (χ2n) is 5.77. The summed E-state index contributed by atoms with van der Waals surface area (Å²) in [5.41, 5.74) is 2.15. The zero-order chi connectivity index (χ0) is 19.4. The van der Waals surface area contributed by atoms with E-state index in [1.807, 2.05) is 42.5 Å². The Morgan fingerprint density at radius 1 is 0.963 bits per heavy atom. The molecule has 0 aliphatic heterocycles. The summed E-state index contributed by atoms with van der Waals surface area (Å²) in [6.45, 7) is 2.72. The number of aromatic nitrogens is 1. The number of halogens is 1. The number of ether oxygens (including phenoxy) is 2. The van der Waals surface area contributed by atoms with Crippen molar-refractivity contribution in [2.24, 2.45) is 0 Å². The topological polar surface area (TPSA) is 65.5 Å². The predicted octanol–water partition coefficient (Wildman–Crippen LogP) is 5.02. The first-order valence-electron chi connectivity index (χ1n) is 8.16. The second-order valence-corrected chi connectivity index (χ2v) is 6.62. The van der Waals surface area contributed by atoms with Crippen LogP contribution in [0.1, 0.15) is 25.1 Å². The molecule has 27 heavy (non-hydrogen) atoms. The van der Waals surface area contributed by atoms with E-state index in [0.717, 1.165) is 15.4 Å². The molecule has 0 aliphatic rings. The molecule has 5 nitrogen and oxygen atoms in total. The fourth-order valence-electron chi connectivity index (χ4n) is 2.52. The van der Waals surface area contributed by atoms with Crippen LogP contribution in [0.2, 0.25) is 0 Å². The molecular weight excluding hydrogens is 410 g/mol. The molecule has 1 aromatic heterocycles. The number of esters is 2. The number of carbonyl (C=O) groups excluding carboxylic acids is 2. The van der Waals surface area contributed by atoms with Gasteiger partial charge in [0.1, 0.15) is 11.3 Å². The van der Waals surface area contributed by atoms with Gasteiger partial charge in [-0.25, -0.2) is 4.98 Å². The van der Waals surface area contributed by atoms with Crippen LogP contribution in [0.3, 0.4) is 0 Å². The van der Waals surface area contributed by atoms with Crippen LogP contribution in [0.25, 0.3) is 23.1 Å². The molecule has 1 heterocycles. The first-order valence-corrected chi connectivity index (χ1v) is 8.96. The van der Waals surface area contributed by atoms with E-state index in [-0.39, 0.29) is 5.97 Å². The molecule has 0 saturated heterocycles. The first-order chi connectivity index (χ1) is 12.9. The quantitative estimate of drug-likeness (QED) is 0.433. The van der Waals surface area contributed by atoms with Crippen molar-refractivity contribution < 1.29 is 19.1 Å². The molecule has 6 heteroatoms.